The lowest BCUT2D eigenvalue weighted by Crippen LogP contribution is -2.39. The molecule has 0 unspecified atom stereocenters. The van der Waals surface area contributed by atoms with Crippen molar-refractivity contribution in [2.24, 2.45) is 0 Å². The van der Waals surface area contributed by atoms with Crippen LogP contribution >= 0.6 is 11.9 Å². The van der Waals surface area contributed by atoms with Crippen LogP contribution in [0.2, 0.25) is 0 Å². The average molecular weight is 539 g/mol. The third-order valence-electron chi connectivity index (χ3n) is 6.88. The van der Waals surface area contributed by atoms with E-state index in [1.54, 1.807) is 11.9 Å². The van der Waals surface area contributed by atoms with Gasteiger partial charge in [0.15, 0.2) is 0 Å². The zero-order chi connectivity index (χ0) is 27.2. The lowest BCUT2D eigenvalue weighted by Gasteiger charge is -2.24. The van der Waals surface area contributed by atoms with E-state index in [4.69, 9.17) is 4.98 Å². The highest BCUT2D eigenvalue weighted by Gasteiger charge is 2.29. The van der Waals surface area contributed by atoms with Crippen LogP contribution in [0, 0.1) is 6.92 Å². The van der Waals surface area contributed by atoms with Crippen LogP contribution in [0.5, 0.6) is 0 Å². The number of aryl methyl sites for hydroxylation is 1. The smallest absolute Gasteiger partial charge is 0.230 e. The summed E-state index contributed by atoms with van der Waals surface area (Å²) in [6.07, 6.45) is 2.81. The van der Waals surface area contributed by atoms with E-state index in [2.05, 4.69) is 49.9 Å². The number of hydrogen-bond donors (Lipinski definition) is 4. The van der Waals surface area contributed by atoms with Crippen LogP contribution in [-0.2, 0) is 16.8 Å². The fraction of sp³-hybridized carbons (Fsp3) is 0.258. The summed E-state index contributed by atoms with van der Waals surface area (Å²) in [6, 6.07) is 24.5. The van der Waals surface area contributed by atoms with Gasteiger partial charge in [0.1, 0.15) is 5.82 Å². The van der Waals surface area contributed by atoms with Gasteiger partial charge in [-0.15, -0.1) is 0 Å². The van der Waals surface area contributed by atoms with E-state index in [1.165, 1.54) is 5.56 Å². The molecule has 1 aliphatic heterocycles. The first-order chi connectivity index (χ1) is 18.9. The normalized spacial score (nSPS) is 13.6. The Bertz CT molecular complexity index is 1440. The molecule has 200 valence electrons. The number of fused-ring (bicyclic) bond motifs is 4. The monoisotopic (exact) mass is 538 g/mol. The number of nitrogens with zero attached hydrogens (tertiary/aromatic N) is 2. The molecule has 0 saturated carbocycles. The lowest BCUT2D eigenvalue weighted by molar-refractivity contribution is -0.125. The van der Waals surface area contributed by atoms with E-state index < -0.39 is 5.41 Å². The third-order valence-corrected chi connectivity index (χ3v) is 7.71. The standard InChI is InChI=1S/C31H34N6OS/c1-21-8-14-24(15-9-21)31(2,3)29(38)33-19-22-10-12-23(13-11-22)27-20-34-30-36-25-6-4-7-26(18-25)39-35-17-5-16-32-28(27)37-30/h4,6-15,18,20,35H,5,16-17,19H2,1-3H3,(H,33,38)(H2,32,34,36,37). The van der Waals surface area contributed by atoms with Crippen LogP contribution in [0.1, 0.15) is 37.0 Å². The molecule has 0 spiro atoms. The summed E-state index contributed by atoms with van der Waals surface area (Å²) < 4.78 is 3.42. The predicted octanol–water partition coefficient (Wildman–Crippen LogP) is 6.20. The summed E-state index contributed by atoms with van der Waals surface area (Å²) in [5, 5.41) is 9.92. The molecular weight excluding hydrogens is 504 g/mol. The van der Waals surface area contributed by atoms with Crippen LogP contribution in [0.4, 0.5) is 17.5 Å². The van der Waals surface area contributed by atoms with Crippen molar-refractivity contribution in [1.29, 1.82) is 0 Å². The molecule has 1 amide bonds. The molecule has 0 radical (unpaired) electrons. The molecule has 1 aliphatic rings. The molecule has 0 atom stereocenters. The first-order valence-electron chi connectivity index (χ1n) is 13.2. The second kappa shape index (κ2) is 11.9. The maximum Gasteiger partial charge on any atom is 0.230 e. The molecule has 0 fully saturated rings. The topological polar surface area (TPSA) is 91.0 Å². The molecule has 1 aromatic heterocycles. The second-order valence-electron chi connectivity index (χ2n) is 10.3. The molecule has 0 aliphatic carbocycles. The van der Waals surface area contributed by atoms with Crippen LogP contribution < -0.4 is 20.7 Å². The summed E-state index contributed by atoms with van der Waals surface area (Å²) in [6.45, 7) is 8.09. The van der Waals surface area contributed by atoms with Crippen molar-refractivity contribution in [3.63, 3.8) is 0 Å². The Kier molecular flexibility index (Phi) is 8.14. The molecule has 5 rings (SSSR count). The number of carbonyl (C=O) groups is 1. The summed E-state index contributed by atoms with van der Waals surface area (Å²) in [5.74, 6) is 1.34. The highest BCUT2D eigenvalue weighted by atomic mass is 32.2. The predicted molar refractivity (Wildman–Crippen MR) is 160 cm³/mol. The van der Waals surface area contributed by atoms with Gasteiger partial charge in [-0.3, -0.25) is 9.52 Å². The minimum absolute atomic E-state index is 0.000731. The molecular formula is C31H34N6OS. The Morgan fingerprint density at radius 3 is 2.62 bits per heavy atom. The molecule has 2 heterocycles. The van der Waals surface area contributed by atoms with Gasteiger partial charge >= 0.3 is 0 Å². The highest BCUT2D eigenvalue weighted by Crippen LogP contribution is 2.29. The van der Waals surface area contributed by atoms with Gasteiger partial charge in [0.25, 0.3) is 0 Å². The quantitative estimate of drug-likeness (QED) is 0.225. The van der Waals surface area contributed by atoms with Crippen molar-refractivity contribution in [2.75, 3.05) is 23.7 Å². The first kappa shape index (κ1) is 26.7. The van der Waals surface area contributed by atoms with E-state index >= 15 is 0 Å². The van der Waals surface area contributed by atoms with Gasteiger partial charge in [-0.25, -0.2) is 4.98 Å². The molecule has 0 saturated heterocycles. The van der Waals surface area contributed by atoms with Crippen molar-refractivity contribution >= 4 is 35.3 Å². The lowest BCUT2D eigenvalue weighted by atomic mass is 9.83. The van der Waals surface area contributed by atoms with E-state index in [1.807, 2.05) is 75.5 Å². The molecule has 8 heteroatoms. The van der Waals surface area contributed by atoms with Crippen LogP contribution in [-0.4, -0.2) is 29.0 Å². The van der Waals surface area contributed by atoms with E-state index in [-0.39, 0.29) is 5.91 Å². The fourth-order valence-electron chi connectivity index (χ4n) is 4.36. The van der Waals surface area contributed by atoms with Gasteiger partial charge in [-0.05, 0) is 74.0 Å². The Balaban J connectivity index is 1.29. The van der Waals surface area contributed by atoms with Crippen molar-refractivity contribution in [1.82, 2.24) is 20.0 Å². The number of carbonyl (C=O) groups excluding carboxylic acids is 1. The van der Waals surface area contributed by atoms with Gasteiger partial charge in [-0.1, -0.05) is 60.2 Å². The van der Waals surface area contributed by atoms with Crippen LogP contribution in [0.15, 0.2) is 83.9 Å². The maximum absolute atomic E-state index is 13.0. The number of nitrogens with one attached hydrogen (secondary N) is 4. The maximum atomic E-state index is 13.0. The minimum atomic E-state index is -0.615. The van der Waals surface area contributed by atoms with Gasteiger partial charge < -0.3 is 16.0 Å². The Labute approximate surface area is 234 Å². The van der Waals surface area contributed by atoms with Gasteiger partial charge in [0.05, 0.1) is 5.41 Å². The van der Waals surface area contributed by atoms with E-state index in [0.29, 0.717) is 12.5 Å². The minimum Gasteiger partial charge on any atom is -0.369 e. The SMILES string of the molecule is Cc1ccc(C(C)(C)C(=O)NCc2ccc(-c3cnc4nc3NCCCNSc3cccc(c3)N4)cc2)cc1. The largest absolute Gasteiger partial charge is 0.369 e. The number of rotatable bonds is 5. The fourth-order valence-corrected chi connectivity index (χ4v) is 5.11. The number of hydrogen-bond acceptors (Lipinski definition) is 7. The van der Waals surface area contributed by atoms with E-state index in [9.17, 15) is 4.79 Å². The molecule has 4 bridgehead atoms. The Morgan fingerprint density at radius 1 is 1.03 bits per heavy atom. The van der Waals surface area contributed by atoms with Gasteiger partial charge in [0.2, 0.25) is 11.9 Å². The zero-order valence-corrected chi connectivity index (χ0v) is 23.4. The number of benzene rings is 3. The summed E-state index contributed by atoms with van der Waals surface area (Å²) in [7, 11) is 0. The average Bonchev–Trinajstić information content (AvgIpc) is 2.95. The van der Waals surface area contributed by atoms with Crippen molar-refractivity contribution in [3.05, 3.63) is 95.7 Å². The van der Waals surface area contributed by atoms with Gasteiger partial charge in [0, 0.05) is 42.0 Å². The Morgan fingerprint density at radius 2 is 1.82 bits per heavy atom. The van der Waals surface area contributed by atoms with E-state index in [0.717, 1.165) is 58.2 Å². The van der Waals surface area contributed by atoms with Crippen LogP contribution in [0.3, 0.4) is 0 Å². The molecule has 39 heavy (non-hydrogen) atoms. The summed E-state index contributed by atoms with van der Waals surface area (Å²) in [4.78, 5) is 23.5. The van der Waals surface area contributed by atoms with Crippen molar-refractivity contribution in [3.8, 4) is 11.1 Å². The summed E-state index contributed by atoms with van der Waals surface area (Å²) in [5.41, 5.74) is 5.49. The first-order valence-corrected chi connectivity index (χ1v) is 14.0. The molecule has 7 nitrogen and oxygen atoms in total. The van der Waals surface area contributed by atoms with Gasteiger partial charge in [-0.2, -0.15) is 4.98 Å². The number of amides is 1. The molecule has 4 N–H and O–H groups in total. The Hall–Kier alpha value is -3.88. The number of anilines is 3. The van der Waals surface area contributed by atoms with Crippen molar-refractivity contribution in [2.45, 2.75) is 44.0 Å². The van der Waals surface area contributed by atoms with Crippen molar-refractivity contribution < 1.29 is 4.79 Å². The number of aromatic nitrogens is 2. The van der Waals surface area contributed by atoms with Crippen LogP contribution in [0.25, 0.3) is 11.1 Å². The summed E-state index contributed by atoms with van der Waals surface area (Å²) >= 11 is 1.63. The second-order valence-corrected chi connectivity index (χ2v) is 11.2. The molecule has 4 aromatic rings. The third kappa shape index (κ3) is 6.58. The zero-order valence-electron chi connectivity index (χ0n) is 22.5. The molecule has 3 aromatic carbocycles. The highest BCUT2D eigenvalue weighted by molar-refractivity contribution is 7.97.